The first-order valence-electron chi connectivity index (χ1n) is 9.83. The first-order chi connectivity index (χ1) is 12.5. The van der Waals surface area contributed by atoms with Gasteiger partial charge in [0.2, 0.25) is 0 Å². The van der Waals surface area contributed by atoms with E-state index in [2.05, 4.69) is 73.3 Å². The number of nitrogens with zero attached hydrogens (tertiary/aromatic N) is 3. The Morgan fingerprint density at radius 2 is 1.96 bits per heavy atom. The van der Waals surface area contributed by atoms with E-state index in [9.17, 15) is 0 Å². The van der Waals surface area contributed by atoms with E-state index in [1.54, 1.807) is 6.33 Å². The first kappa shape index (κ1) is 17.3. The van der Waals surface area contributed by atoms with Crippen LogP contribution in [0, 0.1) is 17.3 Å². The molecule has 26 heavy (non-hydrogen) atoms. The monoisotopic (exact) mass is 347 g/mol. The number of fused-ring (bicyclic) bond motifs is 1. The molecule has 3 heteroatoms. The highest BCUT2D eigenvalue weighted by Crippen LogP contribution is 2.47. The summed E-state index contributed by atoms with van der Waals surface area (Å²) in [5.41, 5.74) is 1.89. The van der Waals surface area contributed by atoms with E-state index >= 15 is 0 Å². The lowest BCUT2D eigenvalue weighted by Crippen LogP contribution is -2.35. The molecular weight excluding hydrogens is 318 g/mol. The summed E-state index contributed by atoms with van der Waals surface area (Å²) in [7, 11) is 0. The van der Waals surface area contributed by atoms with Crippen molar-refractivity contribution in [1.29, 1.82) is 0 Å². The molecule has 3 atom stereocenters. The van der Waals surface area contributed by atoms with Gasteiger partial charge in [-0.3, -0.25) is 4.68 Å². The van der Waals surface area contributed by atoms with E-state index in [-0.39, 0.29) is 0 Å². The number of aromatic nitrogens is 3. The highest BCUT2D eigenvalue weighted by molar-refractivity contribution is 5.83. The predicted molar refractivity (Wildman–Crippen MR) is 107 cm³/mol. The molecule has 1 heterocycles. The van der Waals surface area contributed by atoms with Gasteiger partial charge in [0.25, 0.3) is 0 Å². The van der Waals surface area contributed by atoms with Crippen molar-refractivity contribution in [2.75, 3.05) is 0 Å². The van der Waals surface area contributed by atoms with Gasteiger partial charge >= 0.3 is 0 Å². The molecule has 1 aliphatic carbocycles. The average molecular weight is 348 g/mol. The van der Waals surface area contributed by atoms with Crippen LogP contribution in [0.2, 0.25) is 0 Å². The van der Waals surface area contributed by atoms with Crippen LogP contribution < -0.4 is 0 Å². The molecule has 1 aromatic heterocycles. The maximum atomic E-state index is 4.37. The molecule has 3 aromatic rings. The van der Waals surface area contributed by atoms with Gasteiger partial charge in [0.15, 0.2) is 0 Å². The van der Waals surface area contributed by atoms with Crippen molar-refractivity contribution in [3.63, 3.8) is 0 Å². The Morgan fingerprint density at radius 3 is 2.73 bits per heavy atom. The standard InChI is InChI=1S/C23H29N3/c1-17(19-9-8-18-6-4-5-7-20(18)12-19)22-10-11-23(2,3)13-21(22)14-26-16-24-15-25-26/h4-9,12,15-17,21-22H,10-11,13-14H2,1-3H3. The lowest BCUT2D eigenvalue weighted by Gasteiger charge is -2.43. The minimum atomic E-state index is 0.421. The normalized spacial score (nSPS) is 23.8. The first-order valence-corrected chi connectivity index (χ1v) is 9.83. The van der Waals surface area contributed by atoms with E-state index in [1.165, 1.54) is 35.6 Å². The number of hydrogen-bond acceptors (Lipinski definition) is 2. The minimum absolute atomic E-state index is 0.421. The van der Waals surface area contributed by atoms with Crippen LogP contribution in [0.25, 0.3) is 10.8 Å². The molecule has 136 valence electrons. The Hall–Kier alpha value is -2.16. The van der Waals surface area contributed by atoms with Gasteiger partial charge in [0.1, 0.15) is 12.7 Å². The van der Waals surface area contributed by atoms with Gasteiger partial charge in [0, 0.05) is 6.54 Å². The van der Waals surface area contributed by atoms with Gasteiger partial charge < -0.3 is 0 Å². The van der Waals surface area contributed by atoms with Crippen molar-refractivity contribution < 1.29 is 0 Å². The molecule has 1 fully saturated rings. The summed E-state index contributed by atoms with van der Waals surface area (Å²) in [5, 5.41) is 7.05. The Labute approximate surface area is 156 Å². The lowest BCUT2D eigenvalue weighted by atomic mass is 9.63. The van der Waals surface area contributed by atoms with Crippen LogP contribution >= 0.6 is 0 Å². The summed E-state index contributed by atoms with van der Waals surface area (Å²) in [6, 6.07) is 15.7. The fourth-order valence-corrected chi connectivity index (χ4v) is 4.92. The lowest BCUT2D eigenvalue weighted by molar-refractivity contribution is 0.0880. The average Bonchev–Trinajstić information content (AvgIpc) is 3.13. The second-order valence-electron chi connectivity index (χ2n) is 8.84. The topological polar surface area (TPSA) is 30.7 Å². The van der Waals surface area contributed by atoms with Crippen LogP contribution in [0.1, 0.15) is 51.5 Å². The molecule has 1 saturated carbocycles. The number of rotatable bonds is 4. The van der Waals surface area contributed by atoms with Crippen LogP contribution in [0.5, 0.6) is 0 Å². The third-order valence-electron chi connectivity index (χ3n) is 6.40. The van der Waals surface area contributed by atoms with Crippen molar-refractivity contribution in [2.45, 2.75) is 52.5 Å². The van der Waals surface area contributed by atoms with Gasteiger partial charge in [0.05, 0.1) is 0 Å². The maximum Gasteiger partial charge on any atom is 0.137 e. The molecular formula is C23H29N3. The van der Waals surface area contributed by atoms with Gasteiger partial charge in [-0.25, -0.2) is 4.98 Å². The fraction of sp³-hybridized carbons (Fsp3) is 0.478. The van der Waals surface area contributed by atoms with Crippen molar-refractivity contribution in [2.24, 2.45) is 17.3 Å². The Balaban J connectivity index is 1.61. The highest BCUT2D eigenvalue weighted by Gasteiger charge is 2.38. The van der Waals surface area contributed by atoms with Crippen LogP contribution in [0.15, 0.2) is 55.1 Å². The summed E-state index contributed by atoms with van der Waals surface area (Å²) in [5.74, 6) is 1.89. The third kappa shape index (κ3) is 3.53. The summed E-state index contributed by atoms with van der Waals surface area (Å²) >= 11 is 0. The van der Waals surface area contributed by atoms with Crippen molar-refractivity contribution in [3.8, 4) is 0 Å². The molecule has 0 spiro atoms. The van der Waals surface area contributed by atoms with Crippen LogP contribution in [0.3, 0.4) is 0 Å². The van der Waals surface area contributed by atoms with E-state index in [0.29, 0.717) is 23.2 Å². The predicted octanol–water partition coefficient (Wildman–Crippen LogP) is 5.68. The van der Waals surface area contributed by atoms with Gasteiger partial charge in [-0.15, -0.1) is 0 Å². The van der Waals surface area contributed by atoms with Crippen LogP contribution in [-0.4, -0.2) is 14.8 Å². The second-order valence-corrected chi connectivity index (χ2v) is 8.84. The molecule has 0 amide bonds. The van der Waals surface area contributed by atoms with E-state index < -0.39 is 0 Å². The molecule has 4 rings (SSSR count). The summed E-state index contributed by atoms with van der Waals surface area (Å²) < 4.78 is 2.02. The van der Waals surface area contributed by atoms with Crippen molar-refractivity contribution in [1.82, 2.24) is 14.8 Å². The zero-order valence-electron chi connectivity index (χ0n) is 16.1. The van der Waals surface area contributed by atoms with Gasteiger partial charge in [-0.1, -0.05) is 63.2 Å². The fourth-order valence-electron chi connectivity index (χ4n) is 4.92. The van der Waals surface area contributed by atoms with Crippen molar-refractivity contribution >= 4 is 10.8 Å². The number of hydrogen-bond donors (Lipinski definition) is 0. The summed E-state index contributed by atoms with van der Waals surface area (Å²) in [6.07, 6.45) is 7.37. The van der Waals surface area contributed by atoms with Crippen LogP contribution in [0.4, 0.5) is 0 Å². The molecule has 0 aliphatic heterocycles. The van der Waals surface area contributed by atoms with Gasteiger partial charge in [-0.05, 0) is 58.8 Å². The van der Waals surface area contributed by atoms with E-state index in [4.69, 9.17) is 0 Å². The Morgan fingerprint density at radius 1 is 1.15 bits per heavy atom. The SMILES string of the molecule is CC(c1ccc2ccccc2c1)C1CCC(C)(C)CC1Cn1cncn1. The minimum Gasteiger partial charge on any atom is -0.253 e. The van der Waals surface area contributed by atoms with E-state index in [0.717, 1.165) is 6.54 Å². The molecule has 0 radical (unpaired) electrons. The largest absolute Gasteiger partial charge is 0.253 e. The molecule has 0 N–H and O–H groups in total. The van der Waals surface area contributed by atoms with E-state index in [1.807, 2.05) is 11.0 Å². The molecule has 3 nitrogen and oxygen atoms in total. The molecule has 2 aromatic carbocycles. The Kier molecular flexibility index (Phi) is 4.56. The zero-order chi connectivity index (χ0) is 18.1. The second kappa shape index (κ2) is 6.86. The maximum absolute atomic E-state index is 4.37. The molecule has 0 saturated heterocycles. The number of benzene rings is 2. The quantitative estimate of drug-likeness (QED) is 0.608. The smallest absolute Gasteiger partial charge is 0.137 e. The summed E-state index contributed by atoms with van der Waals surface area (Å²) in [6.45, 7) is 8.23. The molecule has 0 bridgehead atoms. The molecule has 1 aliphatic rings. The third-order valence-corrected chi connectivity index (χ3v) is 6.40. The summed E-state index contributed by atoms with van der Waals surface area (Å²) in [4.78, 5) is 4.14. The van der Waals surface area contributed by atoms with Crippen molar-refractivity contribution in [3.05, 3.63) is 60.7 Å². The van der Waals surface area contributed by atoms with Gasteiger partial charge in [-0.2, -0.15) is 5.10 Å². The molecule has 3 unspecified atom stereocenters. The zero-order valence-corrected chi connectivity index (χ0v) is 16.1. The highest BCUT2D eigenvalue weighted by atomic mass is 15.3. The van der Waals surface area contributed by atoms with Crippen LogP contribution in [-0.2, 0) is 6.54 Å². The Bertz CT molecular complexity index is 866.